The third-order valence-electron chi connectivity index (χ3n) is 5.10. The molecule has 1 amide bonds. The summed E-state index contributed by atoms with van der Waals surface area (Å²) in [5, 5.41) is 3.29. The van der Waals surface area contributed by atoms with E-state index in [1.165, 1.54) is 0 Å². The van der Waals surface area contributed by atoms with Crippen LogP contribution in [0, 0.1) is 24.2 Å². The molecule has 4 nitrogen and oxygen atoms in total. The van der Waals surface area contributed by atoms with Crippen LogP contribution in [-0.2, 0) is 14.3 Å². The zero-order valence-electron chi connectivity index (χ0n) is 15.5. The number of aryl methyl sites for hydroxylation is 1. The molecule has 25 heavy (non-hydrogen) atoms. The van der Waals surface area contributed by atoms with Crippen molar-refractivity contribution in [3.63, 3.8) is 0 Å². The smallest absolute Gasteiger partial charge is 0.309 e. The van der Waals surface area contributed by atoms with Crippen LogP contribution in [0.4, 0.5) is 5.69 Å². The molecule has 1 saturated carbocycles. The van der Waals surface area contributed by atoms with Crippen LogP contribution >= 0.6 is 11.6 Å². The number of carbonyl (C=O) groups excluding carboxylic acids is 2. The van der Waals surface area contributed by atoms with E-state index in [0.29, 0.717) is 16.6 Å². The number of esters is 1. The molecule has 2 rings (SSSR count). The first-order valence-corrected chi connectivity index (χ1v) is 9.27. The summed E-state index contributed by atoms with van der Waals surface area (Å²) in [6.07, 6.45) is 3.76. The first-order valence-electron chi connectivity index (χ1n) is 8.89. The van der Waals surface area contributed by atoms with Crippen molar-refractivity contribution >= 4 is 29.2 Å². The quantitative estimate of drug-likeness (QED) is 0.765. The minimum absolute atomic E-state index is 0.0840. The molecular formula is C20H28ClNO3. The number of rotatable bonds is 4. The highest BCUT2D eigenvalue weighted by Crippen LogP contribution is 2.40. The Kier molecular flexibility index (Phi) is 6.50. The Balaban J connectivity index is 1.78. The Bertz CT molecular complexity index is 628. The minimum atomic E-state index is -0.345. The van der Waals surface area contributed by atoms with Gasteiger partial charge in [0.2, 0.25) is 0 Å². The normalized spacial score (nSPS) is 20.8. The van der Waals surface area contributed by atoms with E-state index in [1.54, 1.807) is 12.1 Å². The molecule has 0 saturated heterocycles. The van der Waals surface area contributed by atoms with Gasteiger partial charge in [0.05, 0.1) is 5.92 Å². The number of anilines is 1. The molecule has 1 aliphatic rings. The monoisotopic (exact) mass is 365 g/mol. The van der Waals surface area contributed by atoms with Crippen LogP contribution in [0.5, 0.6) is 0 Å². The fourth-order valence-corrected chi connectivity index (χ4v) is 3.54. The van der Waals surface area contributed by atoms with Crippen LogP contribution in [0.15, 0.2) is 18.2 Å². The third-order valence-corrected chi connectivity index (χ3v) is 5.34. The molecule has 0 bridgehead atoms. The summed E-state index contributed by atoms with van der Waals surface area (Å²) in [7, 11) is 0. The van der Waals surface area contributed by atoms with Crippen LogP contribution < -0.4 is 5.32 Å². The molecule has 0 aromatic heterocycles. The first-order chi connectivity index (χ1) is 11.7. The second-order valence-corrected chi connectivity index (χ2v) is 8.47. The van der Waals surface area contributed by atoms with Crippen LogP contribution in [0.2, 0.25) is 5.02 Å². The van der Waals surface area contributed by atoms with E-state index < -0.39 is 0 Å². The highest BCUT2D eigenvalue weighted by atomic mass is 35.5. The van der Waals surface area contributed by atoms with Gasteiger partial charge in [-0.25, -0.2) is 0 Å². The summed E-state index contributed by atoms with van der Waals surface area (Å²) in [6.45, 7) is 8.37. The topological polar surface area (TPSA) is 55.4 Å². The summed E-state index contributed by atoms with van der Waals surface area (Å²) >= 11 is 5.94. The number of carbonyl (C=O) groups is 2. The Morgan fingerprint density at radius 2 is 1.84 bits per heavy atom. The van der Waals surface area contributed by atoms with Gasteiger partial charge in [0, 0.05) is 10.7 Å². The highest BCUT2D eigenvalue weighted by molar-refractivity contribution is 6.31. The number of halogens is 1. The largest absolute Gasteiger partial charge is 0.455 e. The van der Waals surface area contributed by atoms with Crippen LogP contribution in [0.1, 0.15) is 52.0 Å². The molecule has 0 radical (unpaired) electrons. The van der Waals surface area contributed by atoms with Crippen molar-refractivity contribution in [2.75, 3.05) is 11.9 Å². The van der Waals surface area contributed by atoms with Crippen molar-refractivity contribution in [2.24, 2.45) is 17.3 Å². The van der Waals surface area contributed by atoms with E-state index in [2.05, 4.69) is 26.1 Å². The molecule has 5 heteroatoms. The van der Waals surface area contributed by atoms with E-state index in [0.717, 1.165) is 31.2 Å². The second kappa shape index (κ2) is 8.22. The van der Waals surface area contributed by atoms with Gasteiger partial charge in [-0.15, -0.1) is 0 Å². The van der Waals surface area contributed by atoms with Crippen molar-refractivity contribution in [3.05, 3.63) is 28.8 Å². The standard InChI is InChI=1S/C20H28ClNO3/c1-13-5-10-16(21)11-17(13)22-18(23)12-25-19(24)14-6-8-15(9-7-14)20(2,3)4/h5,10-11,14-15H,6-9,12H2,1-4H3,(H,22,23). The average Bonchev–Trinajstić information content (AvgIpc) is 2.55. The number of amides is 1. The predicted octanol–water partition coefficient (Wildman–Crippen LogP) is 4.98. The Morgan fingerprint density at radius 1 is 1.20 bits per heavy atom. The van der Waals surface area contributed by atoms with Crippen LogP contribution in [0.25, 0.3) is 0 Å². The summed E-state index contributed by atoms with van der Waals surface area (Å²) in [5.41, 5.74) is 1.83. The van der Waals surface area contributed by atoms with Gasteiger partial charge in [-0.2, -0.15) is 0 Å². The SMILES string of the molecule is Cc1ccc(Cl)cc1NC(=O)COC(=O)C1CCC(C(C)(C)C)CC1. The molecule has 138 valence electrons. The van der Waals surface area contributed by atoms with Gasteiger partial charge in [-0.3, -0.25) is 9.59 Å². The zero-order valence-corrected chi connectivity index (χ0v) is 16.3. The van der Waals surface area contributed by atoms with Crippen molar-refractivity contribution in [3.8, 4) is 0 Å². The maximum absolute atomic E-state index is 12.2. The minimum Gasteiger partial charge on any atom is -0.455 e. The molecule has 1 aromatic rings. The fourth-order valence-electron chi connectivity index (χ4n) is 3.36. The van der Waals surface area contributed by atoms with Gasteiger partial charge < -0.3 is 10.1 Å². The summed E-state index contributed by atoms with van der Waals surface area (Å²) in [6, 6.07) is 5.28. The zero-order chi connectivity index (χ0) is 18.6. The van der Waals surface area contributed by atoms with Gasteiger partial charge in [-0.05, 0) is 61.6 Å². The van der Waals surface area contributed by atoms with Gasteiger partial charge in [-0.1, -0.05) is 38.4 Å². The number of benzene rings is 1. The number of ether oxygens (including phenoxy) is 1. The fraction of sp³-hybridized carbons (Fsp3) is 0.600. The van der Waals surface area contributed by atoms with Crippen molar-refractivity contribution < 1.29 is 14.3 Å². The molecule has 0 aliphatic heterocycles. The molecular weight excluding hydrogens is 338 g/mol. The Morgan fingerprint density at radius 3 is 2.44 bits per heavy atom. The van der Waals surface area contributed by atoms with E-state index in [1.807, 2.05) is 13.0 Å². The van der Waals surface area contributed by atoms with Gasteiger partial charge in [0.25, 0.3) is 5.91 Å². The lowest BCUT2D eigenvalue weighted by Crippen LogP contribution is -2.31. The maximum Gasteiger partial charge on any atom is 0.309 e. The van der Waals surface area contributed by atoms with Crippen molar-refractivity contribution in [1.29, 1.82) is 0 Å². The Hall–Kier alpha value is -1.55. The predicted molar refractivity (Wildman–Crippen MR) is 101 cm³/mol. The van der Waals surface area contributed by atoms with Gasteiger partial charge in [0.15, 0.2) is 6.61 Å². The molecule has 1 aromatic carbocycles. The van der Waals surface area contributed by atoms with Crippen molar-refractivity contribution in [1.82, 2.24) is 0 Å². The second-order valence-electron chi connectivity index (χ2n) is 8.03. The third kappa shape index (κ3) is 5.74. The van der Waals surface area contributed by atoms with Crippen LogP contribution in [0.3, 0.4) is 0 Å². The molecule has 0 spiro atoms. The number of nitrogens with one attached hydrogen (secondary N) is 1. The van der Waals surface area contributed by atoms with E-state index in [9.17, 15) is 9.59 Å². The molecule has 0 heterocycles. The first kappa shape index (κ1) is 19.8. The number of hydrogen-bond acceptors (Lipinski definition) is 3. The lowest BCUT2D eigenvalue weighted by atomic mass is 9.70. The average molecular weight is 366 g/mol. The van der Waals surface area contributed by atoms with Gasteiger partial charge >= 0.3 is 5.97 Å². The van der Waals surface area contributed by atoms with Crippen LogP contribution in [-0.4, -0.2) is 18.5 Å². The highest BCUT2D eigenvalue weighted by Gasteiger charge is 2.33. The molecule has 1 aliphatic carbocycles. The number of hydrogen-bond donors (Lipinski definition) is 1. The summed E-state index contributed by atoms with van der Waals surface area (Å²) in [4.78, 5) is 24.2. The van der Waals surface area contributed by atoms with E-state index in [-0.39, 0.29) is 29.8 Å². The lowest BCUT2D eigenvalue weighted by Gasteiger charge is -2.36. The molecule has 0 unspecified atom stereocenters. The summed E-state index contributed by atoms with van der Waals surface area (Å²) < 4.78 is 5.22. The van der Waals surface area contributed by atoms with Gasteiger partial charge in [0.1, 0.15) is 0 Å². The summed E-state index contributed by atoms with van der Waals surface area (Å²) in [5.74, 6) is -0.0441. The van der Waals surface area contributed by atoms with E-state index >= 15 is 0 Å². The Labute approximate surface area is 155 Å². The van der Waals surface area contributed by atoms with Crippen molar-refractivity contribution in [2.45, 2.75) is 53.4 Å². The maximum atomic E-state index is 12.2. The molecule has 1 N–H and O–H groups in total. The molecule has 1 fully saturated rings. The molecule has 0 atom stereocenters. The van der Waals surface area contributed by atoms with E-state index in [4.69, 9.17) is 16.3 Å². The lowest BCUT2D eigenvalue weighted by molar-refractivity contribution is -0.153.